The Hall–Kier alpha value is -2.67. The molecule has 7 heteroatoms. The minimum Gasteiger partial charge on any atom is -0.487 e. The first-order chi connectivity index (χ1) is 16.1. The van der Waals surface area contributed by atoms with Crippen molar-refractivity contribution in [3.8, 4) is 16.9 Å². The number of rotatable bonds is 4. The summed E-state index contributed by atoms with van der Waals surface area (Å²) in [6, 6.07) is 8.36. The largest absolute Gasteiger partial charge is 0.487 e. The van der Waals surface area contributed by atoms with Crippen LogP contribution in [0.15, 0.2) is 30.3 Å². The Kier molecular flexibility index (Phi) is 6.85. The predicted molar refractivity (Wildman–Crippen MR) is 126 cm³/mol. The van der Waals surface area contributed by atoms with Crippen LogP contribution in [0.1, 0.15) is 51.2 Å². The number of halogens is 2. The Labute approximate surface area is 200 Å². The lowest BCUT2D eigenvalue weighted by atomic mass is 9.82. The maximum Gasteiger partial charge on any atom is 0.409 e. The van der Waals surface area contributed by atoms with Crippen LogP contribution in [-0.2, 0) is 22.5 Å². The van der Waals surface area contributed by atoms with Crippen molar-refractivity contribution >= 4 is 6.09 Å². The summed E-state index contributed by atoms with van der Waals surface area (Å²) in [5, 5.41) is 0. The number of carbonyl (C=O) groups is 1. The monoisotopic (exact) mass is 473 g/mol. The first kappa shape index (κ1) is 24.5. The number of hydrogen-bond acceptors (Lipinski definition) is 4. The van der Waals surface area contributed by atoms with E-state index in [0.29, 0.717) is 25.3 Å². The van der Waals surface area contributed by atoms with Crippen molar-refractivity contribution in [2.45, 2.75) is 58.7 Å². The number of aryl methyl sites for hydroxylation is 1. The van der Waals surface area contributed by atoms with E-state index in [1.54, 1.807) is 4.90 Å². The third kappa shape index (κ3) is 5.35. The second-order valence-electron chi connectivity index (χ2n) is 10.6. The number of amides is 1. The SMILES string of the molecule is COCc1c(F)cc(-c2ccc3c(c2)CCC2(CCN(C(=O)OCC(C)(C)C)CC2)O3)cc1F. The third-order valence-corrected chi connectivity index (χ3v) is 6.56. The zero-order valence-electron chi connectivity index (χ0n) is 20.4. The Balaban J connectivity index is 1.42. The molecule has 5 nitrogen and oxygen atoms in total. The molecule has 1 fully saturated rings. The van der Waals surface area contributed by atoms with Crippen molar-refractivity contribution in [1.82, 2.24) is 4.90 Å². The number of likely N-dealkylation sites (tertiary alicyclic amines) is 1. The smallest absolute Gasteiger partial charge is 0.409 e. The molecule has 0 unspecified atom stereocenters. The van der Waals surface area contributed by atoms with E-state index in [2.05, 4.69) is 0 Å². The number of fused-ring (bicyclic) bond motifs is 1. The van der Waals surface area contributed by atoms with Crippen LogP contribution in [0.5, 0.6) is 5.75 Å². The van der Waals surface area contributed by atoms with Gasteiger partial charge in [0.25, 0.3) is 0 Å². The average Bonchev–Trinajstić information content (AvgIpc) is 2.79. The summed E-state index contributed by atoms with van der Waals surface area (Å²) < 4.78 is 45.5. The fourth-order valence-electron chi connectivity index (χ4n) is 4.57. The number of benzene rings is 2. The summed E-state index contributed by atoms with van der Waals surface area (Å²) in [5.41, 5.74) is 1.83. The number of nitrogens with zero attached hydrogens (tertiary/aromatic N) is 1. The van der Waals surface area contributed by atoms with Crippen molar-refractivity contribution in [2.75, 3.05) is 26.8 Å². The van der Waals surface area contributed by atoms with Crippen LogP contribution in [0.3, 0.4) is 0 Å². The molecule has 2 aromatic carbocycles. The van der Waals surface area contributed by atoms with E-state index in [4.69, 9.17) is 14.2 Å². The van der Waals surface area contributed by atoms with Crippen LogP contribution in [0.4, 0.5) is 13.6 Å². The maximum absolute atomic E-state index is 14.4. The third-order valence-electron chi connectivity index (χ3n) is 6.56. The van der Waals surface area contributed by atoms with Crippen LogP contribution >= 0.6 is 0 Å². The molecule has 0 atom stereocenters. The Morgan fingerprint density at radius 1 is 1.06 bits per heavy atom. The summed E-state index contributed by atoms with van der Waals surface area (Å²) in [5.74, 6) is -0.425. The van der Waals surface area contributed by atoms with Crippen molar-refractivity contribution in [1.29, 1.82) is 0 Å². The van der Waals surface area contributed by atoms with Crippen LogP contribution < -0.4 is 4.74 Å². The van der Waals surface area contributed by atoms with Gasteiger partial charge in [-0.1, -0.05) is 26.8 Å². The van der Waals surface area contributed by atoms with Crippen LogP contribution in [-0.4, -0.2) is 43.4 Å². The van der Waals surface area contributed by atoms with Gasteiger partial charge in [0.05, 0.1) is 13.2 Å². The normalized spacial score (nSPS) is 17.3. The van der Waals surface area contributed by atoms with Gasteiger partial charge in [-0.15, -0.1) is 0 Å². The first-order valence-corrected chi connectivity index (χ1v) is 11.8. The Morgan fingerprint density at radius 3 is 2.35 bits per heavy atom. The highest BCUT2D eigenvalue weighted by molar-refractivity contribution is 5.68. The van der Waals surface area contributed by atoms with Gasteiger partial charge in [-0.2, -0.15) is 0 Å². The fourth-order valence-corrected chi connectivity index (χ4v) is 4.57. The minimum atomic E-state index is -0.613. The molecule has 1 saturated heterocycles. The number of hydrogen-bond donors (Lipinski definition) is 0. The van der Waals surface area contributed by atoms with E-state index in [9.17, 15) is 13.6 Å². The lowest BCUT2D eigenvalue weighted by molar-refractivity contribution is -0.0171. The highest BCUT2D eigenvalue weighted by atomic mass is 19.1. The Morgan fingerprint density at radius 2 is 1.74 bits per heavy atom. The highest BCUT2D eigenvalue weighted by Gasteiger charge is 2.41. The molecule has 4 rings (SSSR count). The maximum atomic E-state index is 14.4. The van der Waals surface area contributed by atoms with Gasteiger partial charge >= 0.3 is 6.09 Å². The molecule has 0 aliphatic carbocycles. The lowest BCUT2D eigenvalue weighted by Crippen LogP contribution is -2.51. The van der Waals surface area contributed by atoms with Gasteiger partial charge in [-0.25, -0.2) is 13.6 Å². The van der Waals surface area contributed by atoms with E-state index >= 15 is 0 Å². The topological polar surface area (TPSA) is 48.0 Å². The van der Waals surface area contributed by atoms with E-state index in [1.807, 2.05) is 39.0 Å². The molecule has 2 heterocycles. The van der Waals surface area contributed by atoms with E-state index in [0.717, 1.165) is 42.6 Å². The van der Waals surface area contributed by atoms with Crippen LogP contribution in [0, 0.1) is 17.0 Å². The summed E-state index contributed by atoms with van der Waals surface area (Å²) in [7, 11) is 1.41. The summed E-state index contributed by atoms with van der Waals surface area (Å²) in [4.78, 5) is 14.2. The quantitative estimate of drug-likeness (QED) is 0.537. The number of ether oxygens (including phenoxy) is 3. The van der Waals surface area contributed by atoms with Gasteiger partial charge in [0, 0.05) is 38.6 Å². The van der Waals surface area contributed by atoms with Gasteiger partial charge in [0.2, 0.25) is 0 Å². The zero-order valence-corrected chi connectivity index (χ0v) is 20.4. The second-order valence-corrected chi connectivity index (χ2v) is 10.6. The number of methoxy groups -OCH3 is 1. The van der Waals surface area contributed by atoms with Gasteiger partial charge in [-0.05, 0) is 59.2 Å². The first-order valence-electron chi connectivity index (χ1n) is 11.8. The molecule has 0 saturated carbocycles. The molecular formula is C27H33F2NO4. The molecule has 0 aromatic heterocycles. The van der Waals surface area contributed by atoms with Gasteiger partial charge in [0.1, 0.15) is 23.0 Å². The van der Waals surface area contributed by atoms with Crippen LogP contribution in [0.25, 0.3) is 11.1 Å². The molecule has 34 heavy (non-hydrogen) atoms. The standard InChI is InChI=1S/C27H33F2NO4/c1-26(2,3)17-33-25(31)30-11-9-27(10-12-30)8-7-19-13-18(5-6-24(19)34-27)20-14-22(28)21(16-32-4)23(29)15-20/h5-6,13-15H,7-12,16-17H2,1-4H3. The average molecular weight is 474 g/mol. The van der Waals surface area contributed by atoms with Crippen molar-refractivity contribution in [2.24, 2.45) is 5.41 Å². The summed E-state index contributed by atoms with van der Waals surface area (Å²) in [6.07, 6.45) is 2.88. The zero-order chi connectivity index (χ0) is 24.5. The lowest BCUT2D eigenvalue weighted by Gasteiger charge is -2.44. The van der Waals surface area contributed by atoms with E-state index in [-0.39, 0.29) is 29.3 Å². The minimum absolute atomic E-state index is 0.0643. The molecule has 2 aromatic rings. The molecule has 0 N–H and O–H groups in total. The number of piperidine rings is 1. The van der Waals surface area contributed by atoms with Gasteiger partial charge in [0.15, 0.2) is 0 Å². The van der Waals surface area contributed by atoms with Gasteiger partial charge in [-0.3, -0.25) is 0 Å². The predicted octanol–water partition coefficient (Wildman–Crippen LogP) is 6.12. The number of carbonyl (C=O) groups excluding carboxylic acids is 1. The molecule has 0 bridgehead atoms. The highest BCUT2D eigenvalue weighted by Crippen LogP contribution is 2.41. The molecule has 1 spiro atoms. The second kappa shape index (κ2) is 9.53. The molecule has 0 radical (unpaired) electrons. The van der Waals surface area contributed by atoms with Crippen molar-refractivity contribution in [3.05, 3.63) is 53.1 Å². The fraction of sp³-hybridized carbons (Fsp3) is 0.519. The van der Waals surface area contributed by atoms with Crippen LogP contribution in [0.2, 0.25) is 0 Å². The molecular weight excluding hydrogens is 440 g/mol. The molecule has 2 aliphatic heterocycles. The van der Waals surface area contributed by atoms with Crippen molar-refractivity contribution < 1.29 is 27.8 Å². The summed E-state index contributed by atoms with van der Waals surface area (Å²) in [6.45, 7) is 7.59. The Bertz CT molecular complexity index is 1030. The molecule has 2 aliphatic rings. The van der Waals surface area contributed by atoms with E-state index < -0.39 is 11.6 Å². The van der Waals surface area contributed by atoms with Crippen molar-refractivity contribution in [3.63, 3.8) is 0 Å². The molecule has 184 valence electrons. The summed E-state index contributed by atoms with van der Waals surface area (Å²) >= 11 is 0. The van der Waals surface area contributed by atoms with Gasteiger partial charge < -0.3 is 19.1 Å². The molecule has 1 amide bonds. The van der Waals surface area contributed by atoms with E-state index in [1.165, 1.54) is 19.2 Å².